The lowest BCUT2D eigenvalue weighted by molar-refractivity contribution is 0.647. The molecule has 0 saturated carbocycles. The van der Waals surface area contributed by atoms with E-state index in [1.807, 2.05) is 18.2 Å². The van der Waals surface area contributed by atoms with Gasteiger partial charge in [0.15, 0.2) is 9.54 Å². The average Bonchev–Trinajstić information content (AvgIpc) is 2.85. The molecule has 0 aliphatic carbocycles. The van der Waals surface area contributed by atoms with Crippen LogP contribution in [-0.2, 0) is 6.42 Å². The smallest absolute Gasteiger partial charge is 0.219 e. The number of para-hydroxylation sites is 2. The topological polar surface area (TPSA) is 17.6 Å². The lowest BCUT2D eigenvalue weighted by Gasteiger charge is -1.91. The van der Waals surface area contributed by atoms with E-state index >= 15 is 0 Å². The Morgan fingerprint density at radius 3 is 3.00 bits per heavy atom. The van der Waals surface area contributed by atoms with Crippen molar-refractivity contribution in [1.82, 2.24) is 4.40 Å². The second-order valence-corrected chi connectivity index (χ2v) is 5.83. The highest BCUT2D eigenvalue weighted by atomic mass is 32.1. The van der Waals surface area contributed by atoms with E-state index in [0.29, 0.717) is 0 Å². The van der Waals surface area contributed by atoms with Crippen LogP contribution in [0.5, 0.6) is 0 Å². The average molecular weight is 263 g/mol. The third-order valence-corrected chi connectivity index (χ3v) is 4.32. The number of oxazole rings is 1. The Kier molecular flexibility index (Phi) is 2.76. The third kappa shape index (κ3) is 1.72. The summed E-state index contributed by atoms with van der Waals surface area (Å²) in [4.78, 5) is 1.27. The van der Waals surface area contributed by atoms with Gasteiger partial charge in [0.1, 0.15) is 0 Å². The number of aromatic nitrogens is 1. The zero-order valence-corrected chi connectivity index (χ0v) is 11.2. The number of thiazole rings is 1. The van der Waals surface area contributed by atoms with Gasteiger partial charge in [-0.3, -0.25) is 4.40 Å². The van der Waals surface area contributed by atoms with Crippen LogP contribution in [-0.4, -0.2) is 4.40 Å². The molecule has 0 atom stereocenters. The van der Waals surface area contributed by atoms with E-state index in [1.165, 1.54) is 17.7 Å². The molecule has 0 bridgehead atoms. The zero-order valence-electron chi connectivity index (χ0n) is 9.60. The van der Waals surface area contributed by atoms with Crippen LogP contribution in [0.15, 0.2) is 28.7 Å². The van der Waals surface area contributed by atoms with Gasteiger partial charge < -0.3 is 4.42 Å². The molecular formula is C13H13NOS2. The predicted molar refractivity (Wildman–Crippen MR) is 74.5 cm³/mol. The maximum Gasteiger partial charge on any atom is 0.219 e. The molecule has 2 heterocycles. The molecule has 3 rings (SSSR count). The largest absolute Gasteiger partial charge is 0.437 e. The summed E-state index contributed by atoms with van der Waals surface area (Å²) in [5, 5.41) is 0. The zero-order chi connectivity index (χ0) is 11.8. The van der Waals surface area contributed by atoms with Gasteiger partial charge in [0.25, 0.3) is 0 Å². The monoisotopic (exact) mass is 263 g/mol. The van der Waals surface area contributed by atoms with Crippen molar-refractivity contribution in [2.75, 3.05) is 0 Å². The number of hydrogen-bond donors (Lipinski definition) is 0. The Morgan fingerprint density at radius 2 is 2.18 bits per heavy atom. The Balaban J connectivity index is 2.29. The van der Waals surface area contributed by atoms with Crippen LogP contribution in [0.25, 0.3) is 16.8 Å². The van der Waals surface area contributed by atoms with E-state index in [2.05, 4.69) is 17.4 Å². The van der Waals surface area contributed by atoms with Gasteiger partial charge in [-0.25, -0.2) is 0 Å². The summed E-state index contributed by atoms with van der Waals surface area (Å²) in [6.45, 7) is 2.20. The fraction of sp³-hybridized carbons (Fsp3) is 0.308. The second kappa shape index (κ2) is 4.27. The van der Waals surface area contributed by atoms with E-state index in [-0.39, 0.29) is 0 Å². The molecule has 3 aromatic rings. The fourth-order valence-corrected chi connectivity index (χ4v) is 3.47. The van der Waals surface area contributed by atoms with Crippen molar-refractivity contribution in [3.63, 3.8) is 0 Å². The standard InChI is InChI=1S/C13H13NOS2/c1-2-3-8-11-12-14(13(16)17-11)9-6-4-5-7-10(9)15-12/h4-7H,2-3,8H2,1H3. The highest BCUT2D eigenvalue weighted by Crippen LogP contribution is 2.29. The summed E-state index contributed by atoms with van der Waals surface area (Å²) in [5.41, 5.74) is 2.93. The van der Waals surface area contributed by atoms with Gasteiger partial charge in [-0.05, 0) is 37.2 Å². The van der Waals surface area contributed by atoms with Crippen LogP contribution in [0.1, 0.15) is 24.6 Å². The Morgan fingerprint density at radius 1 is 1.35 bits per heavy atom. The van der Waals surface area contributed by atoms with E-state index in [9.17, 15) is 0 Å². The normalized spacial score (nSPS) is 11.6. The SMILES string of the molecule is CCCCc1sc(=S)n2c1oc1ccccc12. The van der Waals surface area contributed by atoms with E-state index < -0.39 is 0 Å². The van der Waals surface area contributed by atoms with Crippen molar-refractivity contribution in [3.8, 4) is 0 Å². The summed E-state index contributed by atoms with van der Waals surface area (Å²) in [6.07, 6.45) is 3.43. The highest BCUT2D eigenvalue weighted by molar-refractivity contribution is 7.73. The molecule has 0 radical (unpaired) electrons. The maximum atomic E-state index is 5.91. The quantitative estimate of drug-likeness (QED) is 0.630. The maximum absolute atomic E-state index is 5.91. The number of unbranched alkanes of at least 4 members (excludes halogenated alkanes) is 1. The van der Waals surface area contributed by atoms with Gasteiger partial charge >= 0.3 is 0 Å². The van der Waals surface area contributed by atoms with Crippen molar-refractivity contribution >= 4 is 40.4 Å². The van der Waals surface area contributed by atoms with E-state index in [1.54, 1.807) is 11.3 Å². The van der Waals surface area contributed by atoms with Crippen LogP contribution >= 0.6 is 23.6 Å². The van der Waals surface area contributed by atoms with Crippen molar-refractivity contribution < 1.29 is 4.42 Å². The van der Waals surface area contributed by atoms with E-state index in [4.69, 9.17) is 16.6 Å². The number of benzene rings is 1. The van der Waals surface area contributed by atoms with Crippen molar-refractivity contribution in [2.45, 2.75) is 26.2 Å². The molecule has 0 unspecified atom stereocenters. The molecule has 2 nitrogen and oxygen atoms in total. The first-order valence-electron chi connectivity index (χ1n) is 5.83. The minimum atomic E-state index is 0.885. The molecule has 88 valence electrons. The van der Waals surface area contributed by atoms with Crippen molar-refractivity contribution in [1.29, 1.82) is 0 Å². The summed E-state index contributed by atoms with van der Waals surface area (Å²) >= 11 is 7.10. The minimum Gasteiger partial charge on any atom is -0.437 e. The summed E-state index contributed by atoms with van der Waals surface area (Å²) in [5.74, 6) is 0. The van der Waals surface area contributed by atoms with Crippen molar-refractivity contribution in [3.05, 3.63) is 33.1 Å². The molecular weight excluding hydrogens is 250 g/mol. The van der Waals surface area contributed by atoms with Crippen LogP contribution in [0.2, 0.25) is 0 Å². The molecule has 17 heavy (non-hydrogen) atoms. The first-order chi connectivity index (χ1) is 8.31. The third-order valence-electron chi connectivity index (χ3n) is 2.90. The van der Waals surface area contributed by atoms with Crippen LogP contribution in [0, 0.1) is 3.95 Å². The number of hydrogen-bond acceptors (Lipinski definition) is 3. The molecule has 0 amide bonds. The molecule has 2 aromatic heterocycles. The fourth-order valence-electron chi connectivity index (χ4n) is 2.04. The van der Waals surface area contributed by atoms with Gasteiger partial charge in [-0.2, -0.15) is 0 Å². The lowest BCUT2D eigenvalue weighted by Crippen LogP contribution is -1.81. The molecule has 1 aromatic carbocycles. The van der Waals surface area contributed by atoms with Gasteiger partial charge in [-0.1, -0.05) is 25.5 Å². The molecule has 0 saturated heterocycles. The Labute approximate surface area is 108 Å². The van der Waals surface area contributed by atoms with Crippen LogP contribution in [0.3, 0.4) is 0 Å². The number of aryl methyl sites for hydroxylation is 1. The lowest BCUT2D eigenvalue weighted by atomic mass is 10.2. The number of nitrogens with zero attached hydrogens (tertiary/aromatic N) is 1. The minimum absolute atomic E-state index is 0.885. The number of fused-ring (bicyclic) bond motifs is 3. The van der Waals surface area contributed by atoms with Gasteiger partial charge in [0.2, 0.25) is 5.71 Å². The molecule has 0 aliphatic heterocycles. The molecule has 4 heteroatoms. The predicted octanol–water partition coefficient (Wildman–Crippen LogP) is 4.82. The van der Waals surface area contributed by atoms with Gasteiger partial charge in [0, 0.05) is 0 Å². The van der Waals surface area contributed by atoms with Crippen LogP contribution < -0.4 is 0 Å². The van der Waals surface area contributed by atoms with Crippen molar-refractivity contribution in [2.24, 2.45) is 0 Å². The summed E-state index contributed by atoms with van der Waals surface area (Å²) in [6, 6.07) is 8.05. The Hall–Kier alpha value is -1.13. The number of rotatable bonds is 3. The molecule has 0 aliphatic rings. The first-order valence-corrected chi connectivity index (χ1v) is 7.05. The Bertz CT molecular complexity index is 720. The molecule has 0 spiro atoms. The molecule has 0 fully saturated rings. The van der Waals surface area contributed by atoms with Crippen LogP contribution in [0.4, 0.5) is 0 Å². The van der Waals surface area contributed by atoms with Gasteiger partial charge in [-0.15, -0.1) is 11.3 Å². The first kappa shape index (κ1) is 11.0. The second-order valence-electron chi connectivity index (χ2n) is 4.11. The highest BCUT2D eigenvalue weighted by Gasteiger charge is 2.13. The molecule has 0 N–H and O–H groups in total. The summed E-state index contributed by atoms with van der Waals surface area (Å²) < 4.78 is 8.85. The van der Waals surface area contributed by atoms with E-state index in [0.717, 1.165) is 27.2 Å². The summed E-state index contributed by atoms with van der Waals surface area (Å²) in [7, 11) is 0. The van der Waals surface area contributed by atoms with Gasteiger partial charge in [0.05, 0.1) is 10.4 Å².